The average molecular weight is 388 g/mol. The third kappa shape index (κ3) is 3.59. The fourth-order valence-electron chi connectivity index (χ4n) is 3.09. The lowest BCUT2D eigenvalue weighted by molar-refractivity contribution is 0.269. The first-order chi connectivity index (χ1) is 11.8. The molecule has 2 aromatic heterocycles. The monoisotopic (exact) mass is 387 g/mol. The topological polar surface area (TPSA) is 84.5 Å². The number of aryl methyl sites for hydroxylation is 2. The van der Waals surface area contributed by atoms with Gasteiger partial charge in [0.05, 0.1) is 12.7 Å². The van der Waals surface area contributed by atoms with Crippen LogP contribution in [0.1, 0.15) is 23.7 Å². The van der Waals surface area contributed by atoms with Crippen LogP contribution in [0.15, 0.2) is 15.6 Å². The lowest BCUT2D eigenvalue weighted by Gasteiger charge is -2.21. The number of hydrogen-bond acceptors (Lipinski definition) is 6. The van der Waals surface area contributed by atoms with Crippen molar-refractivity contribution >= 4 is 21.6 Å². The van der Waals surface area contributed by atoms with Gasteiger partial charge >= 0.3 is 0 Å². The minimum atomic E-state index is -3.60. The molecule has 1 fully saturated rings. The van der Waals surface area contributed by atoms with Crippen LogP contribution in [0.25, 0.3) is 0 Å². The highest BCUT2D eigenvalue weighted by atomic mass is 35.5. The van der Waals surface area contributed by atoms with Gasteiger partial charge in [-0.25, -0.2) is 13.4 Å². The quantitative estimate of drug-likeness (QED) is 0.791. The van der Waals surface area contributed by atoms with Crippen LogP contribution >= 0.6 is 11.6 Å². The van der Waals surface area contributed by atoms with E-state index in [1.807, 2.05) is 11.6 Å². The number of halogens is 1. The minimum Gasteiger partial charge on any atom is -0.360 e. The van der Waals surface area contributed by atoms with Gasteiger partial charge in [-0.05, 0) is 26.8 Å². The molecule has 1 aliphatic heterocycles. The molecule has 0 amide bonds. The molecule has 0 N–H and O–H groups in total. The van der Waals surface area contributed by atoms with E-state index in [9.17, 15) is 8.42 Å². The van der Waals surface area contributed by atoms with E-state index in [2.05, 4.69) is 15.0 Å². The fourth-order valence-corrected chi connectivity index (χ4v) is 5.00. The summed E-state index contributed by atoms with van der Waals surface area (Å²) in [4.78, 5) is 6.70. The van der Waals surface area contributed by atoms with Crippen LogP contribution in [-0.4, -0.2) is 58.5 Å². The van der Waals surface area contributed by atoms with Crippen molar-refractivity contribution in [1.29, 1.82) is 0 Å². The van der Waals surface area contributed by atoms with Crippen molar-refractivity contribution in [2.75, 3.05) is 26.2 Å². The average Bonchev–Trinajstić information content (AvgIpc) is 2.95. The van der Waals surface area contributed by atoms with Gasteiger partial charge in [-0.15, -0.1) is 0 Å². The maximum absolute atomic E-state index is 12.9. The maximum Gasteiger partial charge on any atom is 0.248 e. The summed E-state index contributed by atoms with van der Waals surface area (Å²) in [5.41, 5.74) is 0.404. The SMILES string of the molecule is Cc1noc(C)c1S(=O)(=O)N1CCCN(Cc2ncc(Cl)n2C)CC1. The van der Waals surface area contributed by atoms with Crippen molar-refractivity contribution in [2.45, 2.75) is 31.7 Å². The van der Waals surface area contributed by atoms with E-state index in [0.717, 1.165) is 18.8 Å². The molecule has 1 saturated heterocycles. The van der Waals surface area contributed by atoms with Crippen LogP contribution in [0.2, 0.25) is 5.15 Å². The molecule has 25 heavy (non-hydrogen) atoms. The van der Waals surface area contributed by atoms with Gasteiger partial charge in [-0.2, -0.15) is 4.31 Å². The van der Waals surface area contributed by atoms with E-state index in [4.69, 9.17) is 16.1 Å². The minimum absolute atomic E-state index is 0.192. The van der Waals surface area contributed by atoms with Crippen molar-refractivity contribution in [3.8, 4) is 0 Å². The third-order valence-corrected chi connectivity index (χ3v) is 7.00. The van der Waals surface area contributed by atoms with Crippen molar-refractivity contribution < 1.29 is 12.9 Å². The fraction of sp³-hybridized carbons (Fsp3) is 0.600. The highest BCUT2D eigenvalue weighted by Gasteiger charge is 2.32. The molecule has 2 aromatic rings. The van der Waals surface area contributed by atoms with Gasteiger partial charge in [0.2, 0.25) is 10.0 Å². The molecule has 8 nitrogen and oxygen atoms in total. The van der Waals surface area contributed by atoms with Crippen LogP contribution in [0, 0.1) is 13.8 Å². The Hall–Kier alpha value is -1.42. The van der Waals surface area contributed by atoms with Crippen LogP contribution < -0.4 is 0 Å². The molecule has 3 heterocycles. The number of sulfonamides is 1. The van der Waals surface area contributed by atoms with E-state index in [1.165, 1.54) is 4.31 Å². The Bertz CT molecular complexity index is 841. The summed E-state index contributed by atoms with van der Waals surface area (Å²) in [6.45, 7) is 6.25. The zero-order chi connectivity index (χ0) is 18.2. The van der Waals surface area contributed by atoms with Crippen LogP contribution in [0.4, 0.5) is 0 Å². The molecular weight excluding hydrogens is 366 g/mol. The second-order valence-electron chi connectivity index (χ2n) is 6.24. The van der Waals surface area contributed by atoms with Gasteiger partial charge < -0.3 is 9.09 Å². The lowest BCUT2D eigenvalue weighted by atomic mass is 10.4. The second-order valence-corrected chi connectivity index (χ2v) is 8.51. The first kappa shape index (κ1) is 18.4. The summed E-state index contributed by atoms with van der Waals surface area (Å²) >= 11 is 6.03. The summed E-state index contributed by atoms with van der Waals surface area (Å²) < 4.78 is 34.3. The summed E-state index contributed by atoms with van der Waals surface area (Å²) in [7, 11) is -1.72. The van der Waals surface area contributed by atoms with Gasteiger partial charge in [-0.1, -0.05) is 16.8 Å². The molecule has 138 valence electrons. The van der Waals surface area contributed by atoms with Crippen molar-refractivity contribution in [1.82, 2.24) is 23.9 Å². The summed E-state index contributed by atoms with van der Waals surface area (Å²) in [5.74, 6) is 1.20. The van der Waals surface area contributed by atoms with E-state index in [0.29, 0.717) is 42.8 Å². The number of rotatable bonds is 4. The number of nitrogens with zero attached hydrogens (tertiary/aromatic N) is 5. The second kappa shape index (κ2) is 7.06. The smallest absolute Gasteiger partial charge is 0.248 e. The predicted octanol–water partition coefficient (Wildman–Crippen LogP) is 1.57. The summed E-state index contributed by atoms with van der Waals surface area (Å²) in [6.07, 6.45) is 2.38. The van der Waals surface area contributed by atoms with Crippen molar-refractivity contribution in [3.05, 3.63) is 28.6 Å². The number of hydrogen-bond donors (Lipinski definition) is 0. The van der Waals surface area contributed by atoms with Crippen LogP contribution in [-0.2, 0) is 23.6 Å². The van der Waals surface area contributed by atoms with Gasteiger partial charge in [-0.3, -0.25) is 4.90 Å². The Kier molecular flexibility index (Phi) is 5.19. The Morgan fingerprint density at radius 2 is 2.00 bits per heavy atom. The summed E-state index contributed by atoms with van der Waals surface area (Å²) in [5, 5.41) is 4.36. The maximum atomic E-state index is 12.9. The van der Waals surface area contributed by atoms with E-state index < -0.39 is 10.0 Å². The normalized spacial score (nSPS) is 17.8. The van der Waals surface area contributed by atoms with Gasteiger partial charge in [0, 0.05) is 26.7 Å². The van der Waals surface area contributed by atoms with Crippen molar-refractivity contribution in [2.24, 2.45) is 7.05 Å². The Labute approximate surface area is 152 Å². The molecule has 10 heteroatoms. The molecule has 0 saturated carbocycles. The molecule has 1 aliphatic rings. The standard InChI is InChI=1S/C15H22ClN5O3S/c1-11-15(12(2)24-18-11)25(22,23)21-6-4-5-20(7-8-21)10-14-17-9-13(16)19(14)3/h9H,4-8,10H2,1-3H3. The molecular formula is C15H22ClN5O3S. The highest BCUT2D eigenvalue weighted by Crippen LogP contribution is 2.24. The Morgan fingerprint density at radius 1 is 1.24 bits per heavy atom. The molecule has 0 aliphatic carbocycles. The summed E-state index contributed by atoms with van der Waals surface area (Å²) in [6, 6.07) is 0. The largest absolute Gasteiger partial charge is 0.360 e. The van der Waals surface area contributed by atoms with Crippen LogP contribution in [0.5, 0.6) is 0 Å². The van der Waals surface area contributed by atoms with Gasteiger partial charge in [0.25, 0.3) is 0 Å². The molecule has 0 spiro atoms. The third-order valence-electron chi connectivity index (χ3n) is 4.51. The molecule has 0 aromatic carbocycles. The van der Waals surface area contributed by atoms with Crippen LogP contribution in [0.3, 0.4) is 0 Å². The van der Waals surface area contributed by atoms with E-state index in [1.54, 1.807) is 20.0 Å². The number of imidazole rings is 1. The molecule has 0 unspecified atom stereocenters. The van der Waals surface area contributed by atoms with E-state index in [-0.39, 0.29) is 4.90 Å². The predicted molar refractivity (Wildman–Crippen MR) is 92.8 cm³/mol. The Morgan fingerprint density at radius 3 is 2.60 bits per heavy atom. The molecule has 0 bridgehead atoms. The van der Waals surface area contributed by atoms with Gasteiger partial charge in [0.1, 0.15) is 21.6 Å². The molecule has 0 radical (unpaired) electrons. The Balaban J connectivity index is 1.72. The number of aromatic nitrogens is 3. The highest BCUT2D eigenvalue weighted by molar-refractivity contribution is 7.89. The molecule has 0 atom stereocenters. The van der Waals surface area contributed by atoms with E-state index >= 15 is 0 Å². The molecule has 3 rings (SSSR count). The zero-order valence-corrected chi connectivity index (χ0v) is 16.1. The lowest BCUT2D eigenvalue weighted by Crippen LogP contribution is -2.35. The van der Waals surface area contributed by atoms with Crippen molar-refractivity contribution in [3.63, 3.8) is 0 Å². The zero-order valence-electron chi connectivity index (χ0n) is 14.6. The van der Waals surface area contributed by atoms with Gasteiger partial charge in [0.15, 0.2) is 5.76 Å². The first-order valence-corrected chi connectivity index (χ1v) is 9.94. The first-order valence-electron chi connectivity index (χ1n) is 8.12.